The number of nitrogens with two attached hydrogens (primary N) is 1. The quantitative estimate of drug-likeness (QED) is 0.547. The number of hydrogen-bond acceptors (Lipinski definition) is 2. The predicted molar refractivity (Wildman–Crippen MR) is 29.6 cm³/mol. The summed E-state index contributed by atoms with van der Waals surface area (Å²) in [6, 6.07) is 1.52. The molecule has 3 N–H and O–H groups in total. The average Bonchev–Trinajstić information content (AvgIpc) is 2.12. The summed E-state index contributed by atoms with van der Waals surface area (Å²) in [5, 5.41) is 5.93. The number of aromatic amines is 1. The third-order valence-corrected chi connectivity index (χ3v) is 0.766. The van der Waals surface area contributed by atoms with Gasteiger partial charge in [0, 0.05) is 6.20 Å². The van der Waals surface area contributed by atoms with Crippen LogP contribution >= 0.6 is 0 Å². The molecule has 4 nitrogen and oxygen atoms in total. The Morgan fingerprint density at radius 2 is 2.44 bits per heavy atom. The van der Waals surface area contributed by atoms with Crippen molar-refractivity contribution in [2.24, 2.45) is 5.73 Å². The minimum Gasteiger partial charge on any atom is -0.364 e. The second-order valence-corrected chi connectivity index (χ2v) is 1.33. The molecule has 0 bridgehead atoms. The Morgan fingerprint density at radius 1 is 1.78 bits per heavy atom. The van der Waals surface area contributed by atoms with Gasteiger partial charge in [-0.2, -0.15) is 5.10 Å². The standard InChI is InChI=1S/C4H5N3O.FH/c5-4(8)3-1-2-6-7-3;/h1-2H,(H2,5,8)(H,6,7);1H. The fourth-order valence-electron chi connectivity index (χ4n) is 0.393. The van der Waals surface area contributed by atoms with Crippen molar-refractivity contribution >= 4 is 5.91 Å². The van der Waals surface area contributed by atoms with Crippen molar-refractivity contribution < 1.29 is 9.50 Å². The SMILES string of the molecule is F.NC(=O)c1ccn[nH]1. The van der Waals surface area contributed by atoms with E-state index >= 15 is 0 Å². The Balaban J connectivity index is 0.000000640. The molecule has 0 saturated heterocycles. The normalized spacial score (nSPS) is 8.00. The number of aromatic nitrogens is 2. The van der Waals surface area contributed by atoms with Crippen LogP contribution in [0.5, 0.6) is 0 Å². The molecule has 0 fully saturated rings. The predicted octanol–water partition coefficient (Wildman–Crippen LogP) is -0.339. The van der Waals surface area contributed by atoms with Gasteiger partial charge in [-0.1, -0.05) is 0 Å². The van der Waals surface area contributed by atoms with Crippen molar-refractivity contribution in [2.75, 3.05) is 0 Å². The van der Waals surface area contributed by atoms with Gasteiger partial charge in [-0.3, -0.25) is 14.6 Å². The molecule has 0 saturated carbocycles. The zero-order chi connectivity index (χ0) is 5.98. The number of rotatable bonds is 1. The van der Waals surface area contributed by atoms with Gasteiger partial charge in [-0.05, 0) is 6.07 Å². The molecule has 0 spiro atoms. The maximum absolute atomic E-state index is 10.2. The van der Waals surface area contributed by atoms with Crippen molar-refractivity contribution in [3.8, 4) is 0 Å². The van der Waals surface area contributed by atoms with Crippen LogP contribution in [0.3, 0.4) is 0 Å². The van der Waals surface area contributed by atoms with Gasteiger partial charge >= 0.3 is 0 Å². The monoisotopic (exact) mass is 131 g/mol. The summed E-state index contributed by atoms with van der Waals surface area (Å²) in [5.41, 5.74) is 5.19. The van der Waals surface area contributed by atoms with E-state index in [-0.39, 0.29) is 4.70 Å². The number of primary amides is 1. The summed E-state index contributed by atoms with van der Waals surface area (Å²) in [7, 11) is 0. The number of halogens is 1. The molecule has 1 aromatic rings. The summed E-state index contributed by atoms with van der Waals surface area (Å²) in [4.78, 5) is 10.2. The molecule has 1 aromatic heterocycles. The highest BCUT2D eigenvalue weighted by molar-refractivity contribution is 5.90. The van der Waals surface area contributed by atoms with Gasteiger partial charge in [0.15, 0.2) is 0 Å². The first-order chi connectivity index (χ1) is 3.80. The van der Waals surface area contributed by atoms with Crippen LogP contribution in [0.2, 0.25) is 0 Å². The Hall–Kier alpha value is -1.39. The number of H-pyrrole nitrogens is 1. The number of amides is 1. The fraction of sp³-hybridized carbons (Fsp3) is 0. The lowest BCUT2D eigenvalue weighted by molar-refractivity contribution is 0.0995. The summed E-state index contributed by atoms with van der Waals surface area (Å²) in [5.74, 6) is -0.484. The van der Waals surface area contributed by atoms with Crippen molar-refractivity contribution in [3.05, 3.63) is 18.0 Å². The molecule has 1 rings (SSSR count). The van der Waals surface area contributed by atoms with E-state index in [0.29, 0.717) is 5.69 Å². The fourth-order valence-corrected chi connectivity index (χ4v) is 0.393. The van der Waals surface area contributed by atoms with Crippen LogP contribution in [0.25, 0.3) is 0 Å². The molecule has 0 atom stereocenters. The first kappa shape index (κ1) is 7.61. The van der Waals surface area contributed by atoms with Crippen LogP contribution in [-0.4, -0.2) is 16.1 Å². The van der Waals surface area contributed by atoms with Crippen molar-refractivity contribution in [1.82, 2.24) is 10.2 Å². The first-order valence-corrected chi connectivity index (χ1v) is 2.10. The topological polar surface area (TPSA) is 71.8 Å². The van der Waals surface area contributed by atoms with Crippen LogP contribution in [0, 0.1) is 0 Å². The molecule has 0 radical (unpaired) electrons. The molecular weight excluding hydrogens is 125 g/mol. The Morgan fingerprint density at radius 3 is 2.67 bits per heavy atom. The minimum absolute atomic E-state index is 0. The number of nitrogens with zero attached hydrogens (tertiary/aromatic N) is 1. The lowest BCUT2D eigenvalue weighted by Crippen LogP contribution is -2.10. The molecule has 5 heteroatoms. The Labute approximate surface area is 50.4 Å². The van der Waals surface area contributed by atoms with Crippen LogP contribution in [0.4, 0.5) is 4.70 Å². The third kappa shape index (κ3) is 1.52. The van der Waals surface area contributed by atoms with Gasteiger partial charge in [0.1, 0.15) is 5.69 Å². The lowest BCUT2D eigenvalue weighted by atomic mass is 10.4. The van der Waals surface area contributed by atoms with Gasteiger partial charge in [0.25, 0.3) is 5.91 Å². The smallest absolute Gasteiger partial charge is 0.266 e. The van der Waals surface area contributed by atoms with Crippen LogP contribution in [0.15, 0.2) is 12.3 Å². The molecule has 50 valence electrons. The number of carbonyl (C=O) groups excluding carboxylic acids is 1. The minimum atomic E-state index is -0.484. The second-order valence-electron chi connectivity index (χ2n) is 1.33. The largest absolute Gasteiger partial charge is 0.364 e. The van der Waals surface area contributed by atoms with E-state index in [1.165, 1.54) is 12.3 Å². The van der Waals surface area contributed by atoms with E-state index in [1.54, 1.807) is 0 Å². The summed E-state index contributed by atoms with van der Waals surface area (Å²) >= 11 is 0. The van der Waals surface area contributed by atoms with Crippen molar-refractivity contribution in [2.45, 2.75) is 0 Å². The molecule has 1 heterocycles. The van der Waals surface area contributed by atoms with E-state index in [0.717, 1.165) is 0 Å². The molecule has 0 aliphatic heterocycles. The summed E-state index contributed by atoms with van der Waals surface area (Å²) in [6.45, 7) is 0. The number of nitrogens with one attached hydrogen (secondary N) is 1. The highest BCUT2D eigenvalue weighted by atomic mass is 19.0. The first-order valence-electron chi connectivity index (χ1n) is 2.10. The maximum Gasteiger partial charge on any atom is 0.266 e. The highest BCUT2D eigenvalue weighted by Gasteiger charge is 1.96. The number of carbonyl (C=O) groups is 1. The van der Waals surface area contributed by atoms with E-state index < -0.39 is 5.91 Å². The van der Waals surface area contributed by atoms with Crippen molar-refractivity contribution in [3.63, 3.8) is 0 Å². The molecule has 0 aromatic carbocycles. The zero-order valence-electron chi connectivity index (χ0n) is 4.50. The summed E-state index contributed by atoms with van der Waals surface area (Å²) in [6.07, 6.45) is 1.47. The molecule has 0 aliphatic carbocycles. The lowest BCUT2D eigenvalue weighted by Gasteiger charge is -1.80. The Bertz CT molecular complexity index is 184. The van der Waals surface area contributed by atoms with Gasteiger partial charge < -0.3 is 5.73 Å². The van der Waals surface area contributed by atoms with Gasteiger partial charge in [-0.25, -0.2) is 0 Å². The van der Waals surface area contributed by atoms with E-state index in [1.807, 2.05) is 0 Å². The molecule has 0 unspecified atom stereocenters. The van der Waals surface area contributed by atoms with E-state index in [4.69, 9.17) is 5.73 Å². The number of hydrogen-bond donors (Lipinski definition) is 2. The second kappa shape index (κ2) is 2.81. The Kier molecular flexibility index (Phi) is 2.37. The summed E-state index contributed by atoms with van der Waals surface area (Å²) < 4.78 is 0. The van der Waals surface area contributed by atoms with E-state index in [2.05, 4.69) is 10.2 Å². The van der Waals surface area contributed by atoms with Crippen molar-refractivity contribution in [1.29, 1.82) is 0 Å². The molecule has 0 aliphatic rings. The molecular formula is C4H6FN3O. The highest BCUT2D eigenvalue weighted by Crippen LogP contribution is 1.85. The van der Waals surface area contributed by atoms with Gasteiger partial charge in [-0.15, -0.1) is 0 Å². The molecule has 9 heavy (non-hydrogen) atoms. The van der Waals surface area contributed by atoms with Crippen LogP contribution in [0.1, 0.15) is 10.5 Å². The van der Waals surface area contributed by atoms with Gasteiger partial charge in [0.2, 0.25) is 0 Å². The zero-order valence-corrected chi connectivity index (χ0v) is 4.50. The van der Waals surface area contributed by atoms with Gasteiger partial charge in [0.05, 0.1) is 0 Å². The van der Waals surface area contributed by atoms with E-state index in [9.17, 15) is 4.79 Å². The van der Waals surface area contributed by atoms with Crippen LogP contribution < -0.4 is 5.73 Å². The van der Waals surface area contributed by atoms with Crippen LogP contribution in [-0.2, 0) is 0 Å². The third-order valence-electron chi connectivity index (χ3n) is 0.766. The molecule has 1 amide bonds. The average molecular weight is 131 g/mol. The maximum atomic E-state index is 10.2.